The molecule has 1 aliphatic heterocycles. The fourth-order valence-corrected chi connectivity index (χ4v) is 4.05. The Bertz CT molecular complexity index is 1100. The first-order valence-electron chi connectivity index (χ1n) is 8.41. The molecule has 0 spiro atoms. The van der Waals surface area contributed by atoms with E-state index >= 15 is 0 Å². The van der Waals surface area contributed by atoms with E-state index < -0.39 is 15.6 Å². The van der Waals surface area contributed by atoms with Gasteiger partial charge in [0, 0.05) is 18.5 Å². The first kappa shape index (κ1) is 19.8. The molecule has 146 valence electrons. The first-order chi connectivity index (χ1) is 13.1. The summed E-state index contributed by atoms with van der Waals surface area (Å²) in [6.07, 6.45) is 2.40. The Morgan fingerprint density at radius 3 is 2.50 bits per heavy atom. The highest BCUT2D eigenvalue weighted by atomic mass is 32.2. The molecule has 28 heavy (non-hydrogen) atoms. The van der Waals surface area contributed by atoms with Gasteiger partial charge < -0.3 is 14.7 Å². The summed E-state index contributed by atoms with van der Waals surface area (Å²) in [4.78, 5) is 10.0. The zero-order valence-corrected chi connectivity index (χ0v) is 16.8. The number of hydrogen-bond acceptors (Lipinski definition) is 8. The van der Waals surface area contributed by atoms with Crippen LogP contribution in [0.15, 0.2) is 34.3 Å². The molecule has 1 unspecified atom stereocenters. The lowest BCUT2D eigenvalue weighted by Gasteiger charge is -2.40. The second-order valence-corrected chi connectivity index (χ2v) is 8.66. The molecular weight excluding hydrogens is 380 g/mol. The SMILES string of the molecule is COc1ccc(CN2C=Nc3c(C#N)c(S(C)(=O)=O)nc(C)c3C2(C)O)cc1. The zero-order chi connectivity index (χ0) is 20.7. The molecule has 9 heteroatoms. The third-order valence-electron chi connectivity index (χ3n) is 4.65. The molecular formula is C19H20N4O4S. The lowest BCUT2D eigenvalue weighted by Crippen LogP contribution is -2.45. The Balaban J connectivity index is 2.09. The maximum absolute atomic E-state index is 12.0. The van der Waals surface area contributed by atoms with Crippen molar-refractivity contribution in [2.45, 2.75) is 31.1 Å². The minimum Gasteiger partial charge on any atom is -0.497 e. The van der Waals surface area contributed by atoms with E-state index in [0.717, 1.165) is 17.6 Å². The van der Waals surface area contributed by atoms with Gasteiger partial charge in [0.05, 0.1) is 24.7 Å². The van der Waals surface area contributed by atoms with Gasteiger partial charge in [0.2, 0.25) is 0 Å². The largest absolute Gasteiger partial charge is 0.497 e. The van der Waals surface area contributed by atoms with Gasteiger partial charge in [-0.1, -0.05) is 12.1 Å². The van der Waals surface area contributed by atoms with Gasteiger partial charge in [-0.15, -0.1) is 0 Å². The van der Waals surface area contributed by atoms with E-state index in [0.29, 0.717) is 17.8 Å². The van der Waals surface area contributed by atoms with Crippen LogP contribution in [0.4, 0.5) is 5.69 Å². The summed E-state index contributed by atoms with van der Waals surface area (Å²) >= 11 is 0. The number of nitriles is 1. The average Bonchev–Trinajstić information content (AvgIpc) is 2.63. The fraction of sp³-hybridized carbons (Fsp3) is 0.316. The third kappa shape index (κ3) is 3.32. The molecule has 8 nitrogen and oxygen atoms in total. The van der Waals surface area contributed by atoms with E-state index in [1.165, 1.54) is 6.34 Å². The van der Waals surface area contributed by atoms with E-state index in [9.17, 15) is 18.8 Å². The maximum atomic E-state index is 12.0. The number of benzene rings is 1. The maximum Gasteiger partial charge on any atom is 0.194 e. The molecule has 1 aromatic carbocycles. The number of fused-ring (bicyclic) bond motifs is 1. The highest BCUT2D eigenvalue weighted by Crippen LogP contribution is 2.42. The Morgan fingerprint density at radius 2 is 1.96 bits per heavy atom. The van der Waals surface area contributed by atoms with Gasteiger partial charge in [0.25, 0.3) is 0 Å². The van der Waals surface area contributed by atoms with Crippen LogP contribution in [-0.2, 0) is 22.1 Å². The fourth-order valence-electron chi connectivity index (χ4n) is 3.23. The van der Waals surface area contributed by atoms with Crippen molar-refractivity contribution in [1.82, 2.24) is 9.88 Å². The van der Waals surface area contributed by atoms with Crippen molar-refractivity contribution >= 4 is 21.9 Å². The molecule has 2 heterocycles. The quantitative estimate of drug-likeness (QED) is 0.834. The molecule has 0 aliphatic carbocycles. The van der Waals surface area contributed by atoms with Gasteiger partial charge in [-0.05, 0) is 31.5 Å². The Kier molecular flexibility index (Phi) is 4.87. The van der Waals surface area contributed by atoms with Crippen LogP contribution < -0.4 is 4.74 Å². The molecule has 2 aromatic rings. The molecule has 0 bridgehead atoms. The van der Waals surface area contributed by atoms with Crippen LogP contribution in [0.25, 0.3) is 0 Å². The van der Waals surface area contributed by atoms with Gasteiger partial charge in [0.1, 0.15) is 17.4 Å². The highest BCUT2D eigenvalue weighted by Gasteiger charge is 2.39. The number of aliphatic imine (C=N–C) groups is 1. The van der Waals surface area contributed by atoms with Crippen LogP contribution in [0.5, 0.6) is 5.75 Å². The van der Waals surface area contributed by atoms with Crippen molar-refractivity contribution in [1.29, 1.82) is 5.26 Å². The van der Waals surface area contributed by atoms with Crippen LogP contribution in [-0.4, -0.2) is 43.1 Å². The molecule has 0 fully saturated rings. The van der Waals surface area contributed by atoms with Crippen LogP contribution in [0.3, 0.4) is 0 Å². The minimum atomic E-state index is -3.72. The summed E-state index contributed by atoms with van der Waals surface area (Å²) < 4.78 is 29.2. The van der Waals surface area contributed by atoms with E-state index in [2.05, 4.69) is 9.98 Å². The number of rotatable bonds is 4. The summed E-state index contributed by atoms with van der Waals surface area (Å²) in [5.41, 5.74) is -0.0381. The monoisotopic (exact) mass is 400 g/mol. The summed E-state index contributed by atoms with van der Waals surface area (Å²) in [5.74, 6) is 0.722. The molecule has 0 saturated carbocycles. The molecule has 1 aliphatic rings. The number of ether oxygens (including phenoxy) is 1. The predicted octanol–water partition coefficient (Wildman–Crippen LogP) is 2.01. The lowest BCUT2D eigenvalue weighted by atomic mass is 9.95. The van der Waals surface area contributed by atoms with Crippen LogP contribution >= 0.6 is 0 Å². The summed E-state index contributed by atoms with van der Waals surface area (Å²) in [6.45, 7) is 3.50. The summed E-state index contributed by atoms with van der Waals surface area (Å²) in [7, 11) is -2.14. The van der Waals surface area contributed by atoms with Crippen molar-refractivity contribution in [3.8, 4) is 11.8 Å². The van der Waals surface area contributed by atoms with Crippen molar-refractivity contribution in [3.05, 3.63) is 46.6 Å². The van der Waals surface area contributed by atoms with Gasteiger partial charge in [-0.2, -0.15) is 5.26 Å². The number of nitrogens with zero attached hydrogens (tertiary/aromatic N) is 4. The Labute approximate surface area is 163 Å². The number of methoxy groups -OCH3 is 1. The van der Waals surface area contributed by atoms with Crippen molar-refractivity contribution in [2.24, 2.45) is 4.99 Å². The Morgan fingerprint density at radius 1 is 1.32 bits per heavy atom. The summed E-state index contributed by atoms with van der Waals surface area (Å²) in [5, 5.41) is 20.4. The van der Waals surface area contributed by atoms with Crippen molar-refractivity contribution in [3.63, 3.8) is 0 Å². The standard InChI is InChI=1S/C19H20N4O4S/c1-12-16-17(15(9-20)18(22-12)28(4,25)26)21-11-23(19(16,2)24)10-13-5-7-14(27-3)8-6-13/h5-8,11,24H,10H2,1-4H3. The minimum absolute atomic E-state index is 0.131. The number of hydrogen-bond donors (Lipinski definition) is 1. The normalized spacial score (nSPS) is 18.5. The van der Waals surface area contributed by atoms with Gasteiger partial charge in [-0.25, -0.2) is 18.4 Å². The van der Waals surface area contributed by atoms with Gasteiger partial charge in [0.15, 0.2) is 20.6 Å². The number of aliphatic hydroxyl groups is 1. The predicted molar refractivity (Wildman–Crippen MR) is 103 cm³/mol. The number of pyridine rings is 1. The van der Waals surface area contributed by atoms with E-state index in [4.69, 9.17) is 4.74 Å². The van der Waals surface area contributed by atoms with Crippen molar-refractivity contribution < 1.29 is 18.3 Å². The molecule has 3 rings (SSSR count). The molecule has 0 saturated heterocycles. The first-order valence-corrected chi connectivity index (χ1v) is 10.3. The lowest BCUT2D eigenvalue weighted by molar-refractivity contribution is -0.0632. The van der Waals surface area contributed by atoms with Crippen LogP contribution in [0, 0.1) is 18.3 Å². The highest BCUT2D eigenvalue weighted by molar-refractivity contribution is 7.90. The molecule has 0 radical (unpaired) electrons. The molecule has 1 atom stereocenters. The zero-order valence-electron chi connectivity index (χ0n) is 16.0. The average molecular weight is 400 g/mol. The summed E-state index contributed by atoms with van der Waals surface area (Å²) in [6, 6.07) is 9.25. The van der Waals surface area contributed by atoms with Gasteiger partial charge in [-0.3, -0.25) is 0 Å². The smallest absolute Gasteiger partial charge is 0.194 e. The topological polar surface area (TPSA) is 116 Å². The van der Waals surface area contributed by atoms with E-state index in [1.807, 2.05) is 30.3 Å². The third-order valence-corrected chi connectivity index (χ3v) is 5.65. The van der Waals surface area contributed by atoms with Crippen LogP contribution in [0.2, 0.25) is 0 Å². The van der Waals surface area contributed by atoms with Crippen LogP contribution in [0.1, 0.15) is 29.3 Å². The molecule has 1 N–H and O–H groups in total. The van der Waals surface area contributed by atoms with Gasteiger partial charge >= 0.3 is 0 Å². The number of sulfone groups is 1. The molecule has 0 amide bonds. The second kappa shape index (κ2) is 6.89. The van der Waals surface area contributed by atoms with Crippen molar-refractivity contribution in [2.75, 3.05) is 13.4 Å². The van der Waals surface area contributed by atoms with E-state index in [1.54, 1.807) is 25.9 Å². The Hall–Kier alpha value is -2.96. The molecule has 1 aromatic heterocycles. The number of aryl methyl sites for hydroxylation is 1. The second-order valence-electron chi connectivity index (χ2n) is 6.73. The number of aromatic nitrogens is 1. The van der Waals surface area contributed by atoms with E-state index in [-0.39, 0.29) is 16.3 Å².